The number of nitrogens with two attached hydrogens (primary N) is 1. The molecule has 1 aliphatic rings. The Hall–Kier alpha value is -2.82. The molecular weight excluding hydrogens is 397 g/mol. The third-order valence-electron chi connectivity index (χ3n) is 4.43. The summed E-state index contributed by atoms with van der Waals surface area (Å²) < 4.78 is 62.8. The largest absolute Gasteiger partial charge is 0.501 e. The van der Waals surface area contributed by atoms with Gasteiger partial charge in [-0.25, -0.2) is 13.4 Å². The molecule has 28 heavy (non-hydrogen) atoms. The molecule has 1 saturated heterocycles. The van der Waals surface area contributed by atoms with E-state index >= 15 is 0 Å². The number of hydrogen-bond acceptors (Lipinski definition) is 6. The molecule has 0 bridgehead atoms. The maximum Gasteiger partial charge on any atom is 0.501 e. The fourth-order valence-corrected chi connectivity index (χ4v) is 4.05. The van der Waals surface area contributed by atoms with Crippen LogP contribution in [0.15, 0.2) is 47.5 Å². The number of rotatable bonds is 4. The standard InChI is InChI=1S/C17H17F3N4O3S/c18-17(19,20)28(26,27)14-6-2-1-5-13(14)23-8-10-24(11-9-23)16-12(15(21)25)4-3-7-22-16/h1-7H,8-11H2,(H2,21,25). The lowest BCUT2D eigenvalue weighted by molar-refractivity contribution is -0.0435. The Morgan fingerprint density at radius 1 is 1.00 bits per heavy atom. The van der Waals surface area contributed by atoms with Crippen molar-refractivity contribution in [3.05, 3.63) is 48.2 Å². The number of piperazine rings is 1. The molecule has 150 valence electrons. The first-order valence-electron chi connectivity index (χ1n) is 8.28. The van der Waals surface area contributed by atoms with Crippen LogP contribution in [0.3, 0.4) is 0 Å². The van der Waals surface area contributed by atoms with Crippen LogP contribution in [0.5, 0.6) is 0 Å². The van der Waals surface area contributed by atoms with Crippen molar-refractivity contribution in [1.82, 2.24) is 4.98 Å². The van der Waals surface area contributed by atoms with Gasteiger partial charge >= 0.3 is 5.51 Å². The van der Waals surface area contributed by atoms with Gasteiger partial charge in [-0.05, 0) is 24.3 Å². The van der Waals surface area contributed by atoms with E-state index in [1.165, 1.54) is 24.4 Å². The van der Waals surface area contributed by atoms with Gasteiger partial charge in [-0.1, -0.05) is 12.1 Å². The molecule has 2 N–H and O–H groups in total. The first kappa shape index (κ1) is 19.9. The van der Waals surface area contributed by atoms with Gasteiger partial charge in [0.2, 0.25) is 0 Å². The highest BCUT2D eigenvalue weighted by Gasteiger charge is 2.48. The molecular formula is C17H17F3N4O3S. The number of anilines is 2. The van der Waals surface area contributed by atoms with Crippen LogP contribution in [0.4, 0.5) is 24.7 Å². The summed E-state index contributed by atoms with van der Waals surface area (Å²) >= 11 is 0. The van der Waals surface area contributed by atoms with Crippen LogP contribution in [0, 0.1) is 0 Å². The lowest BCUT2D eigenvalue weighted by Gasteiger charge is -2.37. The zero-order valence-corrected chi connectivity index (χ0v) is 15.4. The molecule has 11 heteroatoms. The van der Waals surface area contributed by atoms with Gasteiger partial charge in [0.05, 0.1) is 16.1 Å². The second kappa shape index (κ2) is 7.30. The normalized spacial score (nSPS) is 15.5. The maximum absolute atomic E-state index is 13.0. The van der Waals surface area contributed by atoms with E-state index in [0.717, 1.165) is 6.07 Å². The number of benzene rings is 1. The second-order valence-corrected chi connectivity index (χ2v) is 8.04. The van der Waals surface area contributed by atoms with Crippen molar-refractivity contribution in [3.63, 3.8) is 0 Å². The second-order valence-electron chi connectivity index (χ2n) is 6.13. The summed E-state index contributed by atoms with van der Waals surface area (Å²) in [5, 5.41) is 0. The van der Waals surface area contributed by atoms with E-state index < -0.39 is 26.1 Å². The first-order chi connectivity index (χ1) is 13.1. The fourth-order valence-electron chi connectivity index (χ4n) is 3.07. The molecule has 1 aromatic heterocycles. The van der Waals surface area contributed by atoms with Gasteiger partial charge in [0.1, 0.15) is 5.82 Å². The zero-order chi connectivity index (χ0) is 20.5. The summed E-state index contributed by atoms with van der Waals surface area (Å²) in [5.74, 6) is -0.238. The van der Waals surface area contributed by atoms with Gasteiger partial charge < -0.3 is 15.5 Å². The highest BCUT2D eigenvalue weighted by molar-refractivity contribution is 7.92. The number of amides is 1. The molecule has 7 nitrogen and oxygen atoms in total. The molecule has 2 heterocycles. The molecule has 0 radical (unpaired) electrons. The Morgan fingerprint density at radius 3 is 2.21 bits per heavy atom. The van der Waals surface area contributed by atoms with E-state index in [4.69, 9.17) is 5.73 Å². The van der Waals surface area contributed by atoms with Crippen LogP contribution in [0.1, 0.15) is 10.4 Å². The van der Waals surface area contributed by atoms with Gasteiger partial charge in [0.25, 0.3) is 15.7 Å². The van der Waals surface area contributed by atoms with Gasteiger partial charge in [-0.15, -0.1) is 0 Å². The number of aromatic nitrogens is 1. The number of sulfone groups is 1. The minimum Gasteiger partial charge on any atom is -0.367 e. The third kappa shape index (κ3) is 3.61. The van der Waals surface area contributed by atoms with Crippen molar-refractivity contribution in [1.29, 1.82) is 0 Å². The van der Waals surface area contributed by atoms with Crippen LogP contribution in [-0.2, 0) is 9.84 Å². The number of carbonyl (C=O) groups excluding carboxylic acids is 1. The van der Waals surface area contributed by atoms with Crippen LogP contribution >= 0.6 is 0 Å². The lowest BCUT2D eigenvalue weighted by Crippen LogP contribution is -2.48. The number of halogens is 3. The predicted molar refractivity (Wildman–Crippen MR) is 96.9 cm³/mol. The number of hydrogen-bond donors (Lipinski definition) is 1. The maximum atomic E-state index is 13.0. The van der Waals surface area contributed by atoms with Gasteiger partial charge in [-0.2, -0.15) is 13.2 Å². The molecule has 1 aromatic carbocycles. The highest BCUT2D eigenvalue weighted by Crippen LogP contribution is 2.36. The summed E-state index contributed by atoms with van der Waals surface area (Å²) in [4.78, 5) is 18.3. The average Bonchev–Trinajstić information content (AvgIpc) is 2.67. The monoisotopic (exact) mass is 414 g/mol. The smallest absolute Gasteiger partial charge is 0.367 e. The minimum atomic E-state index is -5.47. The first-order valence-corrected chi connectivity index (χ1v) is 9.76. The SMILES string of the molecule is NC(=O)c1cccnc1N1CCN(c2ccccc2S(=O)(=O)C(F)(F)F)CC1. The van der Waals surface area contributed by atoms with Crippen LogP contribution in [0.25, 0.3) is 0 Å². The summed E-state index contributed by atoms with van der Waals surface area (Å²) in [7, 11) is -5.47. The van der Waals surface area contributed by atoms with Crippen LogP contribution < -0.4 is 15.5 Å². The van der Waals surface area contributed by atoms with E-state index in [9.17, 15) is 26.4 Å². The van der Waals surface area contributed by atoms with Crippen molar-refractivity contribution in [2.45, 2.75) is 10.4 Å². The van der Waals surface area contributed by atoms with Crippen molar-refractivity contribution in [2.24, 2.45) is 5.73 Å². The quantitative estimate of drug-likeness (QED) is 0.820. The van der Waals surface area contributed by atoms with Crippen molar-refractivity contribution in [3.8, 4) is 0 Å². The summed E-state index contributed by atoms with van der Waals surface area (Å²) in [6.45, 7) is 1.16. The van der Waals surface area contributed by atoms with Gasteiger partial charge in [-0.3, -0.25) is 4.79 Å². The predicted octanol–water partition coefficient (Wildman–Crippen LogP) is 1.80. The molecule has 0 aliphatic carbocycles. The molecule has 2 aromatic rings. The van der Waals surface area contributed by atoms with Crippen LogP contribution in [-0.4, -0.2) is 51.0 Å². The topological polar surface area (TPSA) is 96.6 Å². The van der Waals surface area contributed by atoms with Gasteiger partial charge in [0.15, 0.2) is 0 Å². The number of carbonyl (C=O) groups is 1. The average molecular weight is 414 g/mol. The van der Waals surface area contributed by atoms with Crippen molar-refractivity contribution in [2.75, 3.05) is 36.0 Å². The zero-order valence-electron chi connectivity index (χ0n) is 14.6. The van der Waals surface area contributed by atoms with Crippen molar-refractivity contribution < 1.29 is 26.4 Å². The molecule has 3 rings (SSSR count). The number of alkyl halides is 3. The highest BCUT2D eigenvalue weighted by atomic mass is 32.2. The Labute approximate surface area is 159 Å². The Balaban J connectivity index is 1.85. The summed E-state index contributed by atoms with van der Waals surface area (Å²) in [5.41, 5.74) is 0.221. The number of nitrogens with zero attached hydrogens (tertiary/aromatic N) is 3. The number of pyridine rings is 1. The minimum absolute atomic E-state index is 0.00406. The molecule has 1 fully saturated rings. The van der Waals surface area contributed by atoms with Gasteiger partial charge in [0, 0.05) is 32.4 Å². The summed E-state index contributed by atoms with van der Waals surface area (Å²) in [6.07, 6.45) is 1.51. The number of para-hydroxylation sites is 1. The molecule has 1 aliphatic heterocycles. The molecule has 1 amide bonds. The molecule has 0 unspecified atom stereocenters. The van der Waals surface area contributed by atoms with E-state index in [0.29, 0.717) is 18.9 Å². The van der Waals surface area contributed by atoms with Crippen LogP contribution in [0.2, 0.25) is 0 Å². The van der Waals surface area contributed by atoms with E-state index in [-0.39, 0.29) is 24.3 Å². The van der Waals surface area contributed by atoms with E-state index in [1.807, 2.05) is 0 Å². The molecule has 0 atom stereocenters. The molecule has 0 saturated carbocycles. The van der Waals surface area contributed by atoms with Crippen molar-refractivity contribution >= 4 is 27.2 Å². The molecule has 0 spiro atoms. The van der Waals surface area contributed by atoms with E-state index in [1.54, 1.807) is 21.9 Å². The Morgan fingerprint density at radius 2 is 1.61 bits per heavy atom. The fraction of sp³-hybridized carbons (Fsp3) is 0.294. The summed E-state index contributed by atoms with van der Waals surface area (Å²) in [6, 6.07) is 8.17. The number of primary amides is 1. The Kier molecular flexibility index (Phi) is 5.20. The Bertz CT molecular complexity index is 987. The lowest BCUT2D eigenvalue weighted by atomic mass is 10.2. The van der Waals surface area contributed by atoms with E-state index in [2.05, 4.69) is 4.98 Å². The third-order valence-corrected chi connectivity index (χ3v) is 5.97.